The van der Waals surface area contributed by atoms with Crippen LogP contribution < -0.4 is 4.74 Å². The summed E-state index contributed by atoms with van der Waals surface area (Å²) in [5.74, 6) is 0.482. The van der Waals surface area contributed by atoms with Gasteiger partial charge in [0.05, 0.1) is 16.0 Å². The summed E-state index contributed by atoms with van der Waals surface area (Å²) in [4.78, 5) is 36.9. The Hall–Kier alpha value is -3.88. The summed E-state index contributed by atoms with van der Waals surface area (Å²) in [7, 11) is 0. The van der Waals surface area contributed by atoms with Crippen molar-refractivity contribution in [1.82, 2.24) is 19.5 Å². The van der Waals surface area contributed by atoms with E-state index in [9.17, 15) is 9.59 Å². The standard InChI is InChI=1S/C26H20Cl2N4O4/c1-26(2,3)36-25(34)32-10-9-14-5-4-6-19(21(14)32)35-15-7-8-16(18(27)11-15)22(33)17-12-29-24-20(17)23(28)30-13-31-24/h4-13H,1-3H3,(H,29,30,31). The van der Waals surface area contributed by atoms with Crippen LogP contribution in [0.3, 0.4) is 0 Å². The molecule has 0 saturated heterocycles. The Morgan fingerprint density at radius 1 is 1.03 bits per heavy atom. The first kappa shape index (κ1) is 23.8. The number of hydrogen-bond acceptors (Lipinski definition) is 6. The Morgan fingerprint density at radius 2 is 1.83 bits per heavy atom. The van der Waals surface area contributed by atoms with Crippen molar-refractivity contribution >= 4 is 57.0 Å². The van der Waals surface area contributed by atoms with E-state index >= 15 is 0 Å². The Kier molecular flexibility index (Phi) is 5.94. The molecule has 5 aromatic rings. The fourth-order valence-corrected chi connectivity index (χ4v) is 4.32. The zero-order valence-electron chi connectivity index (χ0n) is 19.5. The van der Waals surface area contributed by atoms with E-state index in [1.807, 2.05) is 12.1 Å². The van der Waals surface area contributed by atoms with E-state index in [2.05, 4.69) is 15.0 Å². The highest BCUT2D eigenvalue weighted by Gasteiger charge is 2.22. The van der Waals surface area contributed by atoms with Gasteiger partial charge in [-0.1, -0.05) is 35.3 Å². The van der Waals surface area contributed by atoms with Gasteiger partial charge in [-0.3, -0.25) is 4.79 Å². The molecule has 0 aliphatic rings. The van der Waals surface area contributed by atoms with Crippen molar-refractivity contribution in [2.24, 2.45) is 0 Å². The summed E-state index contributed by atoms with van der Waals surface area (Å²) in [5, 5.41) is 1.58. The van der Waals surface area contributed by atoms with E-state index in [1.165, 1.54) is 17.1 Å². The molecular weight excluding hydrogens is 503 g/mol. The van der Waals surface area contributed by atoms with Crippen molar-refractivity contribution in [3.8, 4) is 11.5 Å². The second-order valence-electron chi connectivity index (χ2n) is 9.02. The molecule has 36 heavy (non-hydrogen) atoms. The first-order valence-corrected chi connectivity index (χ1v) is 11.7. The average Bonchev–Trinajstić information content (AvgIpc) is 3.44. The Labute approximate surface area is 215 Å². The predicted octanol–water partition coefficient (Wildman–Crippen LogP) is 7.03. The number of halogens is 2. The second kappa shape index (κ2) is 8.96. The van der Waals surface area contributed by atoms with Gasteiger partial charge in [-0.25, -0.2) is 19.3 Å². The van der Waals surface area contributed by atoms with Crippen LogP contribution in [-0.2, 0) is 4.74 Å². The molecule has 0 atom stereocenters. The lowest BCUT2D eigenvalue weighted by Gasteiger charge is -2.20. The maximum Gasteiger partial charge on any atom is 0.419 e. The fraction of sp³-hybridized carbons (Fsp3) is 0.154. The zero-order valence-corrected chi connectivity index (χ0v) is 21.0. The summed E-state index contributed by atoms with van der Waals surface area (Å²) < 4.78 is 13.0. The lowest BCUT2D eigenvalue weighted by Crippen LogP contribution is -2.26. The average molecular weight is 523 g/mol. The van der Waals surface area contributed by atoms with Crippen molar-refractivity contribution in [2.75, 3.05) is 0 Å². The molecule has 0 saturated carbocycles. The molecule has 0 amide bonds. The minimum atomic E-state index is -0.652. The minimum absolute atomic E-state index is 0.168. The number of para-hydroxylation sites is 1. The number of aromatic amines is 1. The van der Waals surface area contributed by atoms with Gasteiger partial charge < -0.3 is 14.5 Å². The molecule has 0 aliphatic heterocycles. The quantitative estimate of drug-likeness (QED) is 0.201. The van der Waals surface area contributed by atoms with Crippen LogP contribution in [-0.4, -0.2) is 37.0 Å². The molecule has 10 heteroatoms. The van der Waals surface area contributed by atoms with Gasteiger partial charge in [-0.05, 0) is 45.0 Å². The van der Waals surface area contributed by atoms with E-state index in [0.717, 1.165) is 5.39 Å². The van der Waals surface area contributed by atoms with Gasteiger partial charge in [0.15, 0.2) is 11.5 Å². The van der Waals surface area contributed by atoms with Gasteiger partial charge in [0.25, 0.3) is 0 Å². The van der Waals surface area contributed by atoms with Gasteiger partial charge in [0.2, 0.25) is 0 Å². The van der Waals surface area contributed by atoms with Crippen LogP contribution in [0, 0.1) is 0 Å². The molecule has 5 rings (SSSR count). The van der Waals surface area contributed by atoms with Crippen molar-refractivity contribution < 1.29 is 19.1 Å². The van der Waals surface area contributed by atoms with Crippen molar-refractivity contribution in [2.45, 2.75) is 26.4 Å². The summed E-state index contributed by atoms with van der Waals surface area (Å²) in [6.07, 6.45) is 3.96. The molecule has 0 bridgehead atoms. The number of benzene rings is 2. The molecule has 3 heterocycles. The van der Waals surface area contributed by atoms with Crippen LogP contribution in [0.1, 0.15) is 36.7 Å². The zero-order chi connectivity index (χ0) is 25.6. The van der Waals surface area contributed by atoms with Crippen LogP contribution in [0.2, 0.25) is 10.2 Å². The SMILES string of the molecule is CC(C)(C)OC(=O)n1ccc2cccc(Oc3ccc(C(=O)c4c[nH]c5ncnc(Cl)c45)c(Cl)c3)c21. The van der Waals surface area contributed by atoms with Crippen LogP contribution >= 0.6 is 23.2 Å². The summed E-state index contributed by atoms with van der Waals surface area (Å²) in [6, 6.07) is 12.0. The first-order valence-electron chi connectivity index (χ1n) is 11.0. The number of carbonyl (C=O) groups is 2. The lowest BCUT2D eigenvalue weighted by molar-refractivity contribution is 0.0543. The monoisotopic (exact) mass is 522 g/mol. The molecule has 0 radical (unpaired) electrons. The van der Waals surface area contributed by atoms with E-state index in [1.54, 1.807) is 57.3 Å². The number of fused-ring (bicyclic) bond motifs is 2. The van der Waals surface area contributed by atoms with Crippen LogP contribution in [0.4, 0.5) is 4.79 Å². The molecule has 0 spiro atoms. The molecule has 0 fully saturated rings. The smallest absolute Gasteiger partial charge is 0.419 e. The van der Waals surface area contributed by atoms with E-state index in [0.29, 0.717) is 33.6 Å². The molecule has 3 aromatic heterocycles. The Morgan fingerprint density at radius 3 is 2.58 bits per heavy atom. The maximum absolute atomic E-state index is 13.2. The van der Waals surface area contributed by atoms with E-state index < -0.39 is 11.7 Å². The van der Waals surface area contributed by atoms with Gasteiger partial charge >= 0.3 is 6.09 Å². The fourth-order valence-electron chi connectivity index (χ4n) is 3.83. The van der Waals surface area contributed by atoms with Crippen LogP contribution in [0.5, 0.6) is 11.5 Å². The molecule has 182 valence electrons. The number of ether oxygens (including phenoxy) is 2. The highest BCUT2D eigenvalue weighted by Crippen LogP contribution is 2.34. The molecule has 1 N–H and O–H groups in total. The summed E-state index contributed by atoms with van der Waals surface area (Å²) in [6.45, 7) is 5.41. The number of nitrogens with one attached hydrogen (secondary N) is 1. The highest BCUT2D eigenvalue weighted by atomic mass is 35.5. The third kappa shape index (κ3) is 4.41. The Balaban J connectivity index is 1.47. The second-order valence-corrected chi connectivity index (χ2v) is 9.79. The lowest BCUT2D eigenvalue weighted by atomic mass is 10.0. The van der Waals surface area contributed by atoms with Crippen molar-refractivity contribution in [3.63, 3.8) is 0 Å². The van der Waals surface area contributed by atoms with Gasteiger partial charge in [-0.2, -0.15) is 0 Å². The van der Waals surface area contributed by atoms with Crippen LogP contribution in [0.25, 0.3) is 21.9 Å². The topological polar surface area (TPSA) is 99.1 Å². The van der Waals surface area contributed by atoms with Gasteiger partial charge in [0, 0.05) is 29.4 Å². The number of rotatable bonds is 4. The summed E-state index contributed by atoms with van der Waals surface area (Å²) in [5.41, 5.74) is 0.929. The molecule has 2 aromatic carbocycles. The number of aromatic nitrogens is 4. The molecule has 0 aliphatic carbocycles. The molecular formula is C26H20Cl2N4O4. The van der Waals surface area contributed by atoms with E-state index in [-0.39, 0.29) is 21.5 Å². The third-order valence-electron chi connectivity index (χ3n) is 5.35. The largest absolute Gasteiger partial charge is 0.455 e. The number of hydrogen-bond donors (Lipinski definition) is 1. The number of carbonyl (C=O) groups excluding carboxylic acids is 2. The number of ketones is 1. The molecule has 8 nitrogen and oxygen atoms in total. The third-order valence-corrected chi connectivity index (χ3v) is 5.94. The van der Waals surface area contributed by atoms with Crippen molar-refractivity contribution in [3.05, 3.63) is 82.5 Å². The highest BCUT2D eigenvalue weighted by molar-refractivity contribution is 6.38. The first-order chi connectivity index (χ1) is 17.1. The van der Waals surface area contributed by atoms with Crippen molar-refractivity contribution in [1.29, 1.82) is 0 Å². The predicted molar refractivity (Wildman–Crippen MR) is 137 cm³/mol. The maximum atomic E-state index is 13.2. The number of H-pyrrole nitrogens is 1. The summed E-state index contributed by atoms with van der Waals surface area (Å²) >= 11 is 12.7. The Bertz CT molecular complexity index is 1650. The van der Waals surface area contributed by atoms with Gasteiger partial charge in [0.1, 0.15) is 34.0 Å². The van der Waals surface area contributed by atoms with Gasteiger partial charge in [-0.15, -0.1) is 0 Å². The molecule has 0 unspecified atom stereocenters. The van der Waals surface area contributed by atoms with Crippen LogP contribution in [0.15, 0.2) is 61.2 Å². The normalized spacial score (nSPS) is 11.7. The minimum Gasteiger partial charge on any atom is -0.455 e. The number of nitrogens with zero attached hydrogens (tertiary/aromatic N) is 3. The van der Waals surface area contributed by atoms with E-state index in [4.69, 9.17) is 32.7 Å².